The molecule has 2 rings (SSSR count). The first kappa shape index (κ1) is 10.1. The van der Waals surface area contributed by atoms with E-state index in [0.29, 0.717) is 0 Å². The molecule has 0 aliphatic carbocycles. The van der Waals surface area contributed by atoms with Crippen LogP contribution in [0.1, 0.15) is 0 Å². The van der Waals surface area contributed by atoms with Crippen molar-refractivity contribution in [2.75, 3.05) is 31.1 Å². The highest BCUT2D eigenvalue weighted by Gasteiger charge is 2.20. The van der Waals surface area contributed by atoms with Gasteiger partial charge in [-0.2, -0.15) is 4.37 Å². The molecule has 5 nitrogen and oxygen atoms in total. The molecule has 1 fully saturated rings. The Kier molecular flexibility index (Phi) is 2.96. The molecule has 0 atom stereocenters. The van der Waals surface area contributed by atoms with Gasteiger partial charge in [0.05, 0.1) is 0 Å². The Hall–Kier alpha value is -1.43. The van der Waals surface area contributed by atoms with E-state index in [1.165, 1.54) is 17.6 Å². The lowest BCUT2D eigenvalue weighted by atomic mass is 10.3. The average Bonchev–Trinajstić information content (AvgIpc) is 2.82. The summed E-state index contributed by atoms with van der Waals surface area (Å²) in [5, 5.41) is 0.931. The van der Waals surface area contributed by atoms with E-state index >= 15 is 0 Å². The minimum Gasteiger partial charge on any atom is -0.343 e. The molecular formula is C9H12N4OS. The molecule has 1 aromatic rings. The number of amides is 1. The van der Waals surface area contributed by atoms with Gasteiger partial charge in [0, 0.05) is 37.7 Å². The SMILES string of the molecule is C=CC(=O)N1CCN(c2ncns2)CC1. The monoisotopic (exact) mass is 224 g/mol. The van der Waals surface area contributed by atoms with Crippen molar-refractivity contribution in [1.82, 2.24) is 14.3 Å². The molecule has 0 bridgehead atoms. The van der Waals surface area contributed by atoms with Gasteiger partial charge in [-0.05, 0) is 6.08 Å². The second kappa shape index (κ2) is 4.39. The van der Waals surface area contributed by atoms with Gasteiger partial charge in [0.25, 0.3) is 0 Å². The van der Waals surface area contributed by atoms with E-state index in [4.69, 9.17) is 0 Å². The fraction of sp³-hybridized carbons (Fsp3) is 0.444. The Balaban J connectivity index is 1.92. The standard InChI is InChI=1S/C9H12N4OS/c1-2-8(14)12-3-5-13(6-4-12)9-10-7-11-15-9/h2,7H,1,3-6H2. The summed E-state index contributed by atoms with van der Waals surface area (Å²) in [6.45, 7) is 6.56. The minimum atomic E-state index is 0.00640. The summed E-state index contributed by atoms with van der Waals surface area (Å²) < 4.78 is 3.96. The highest BCUT2D eigenvalue weighted by Crippen LogP contribution is 2.16. The van der Waals surface area contributed by atoms with Crippen LogP contribution < -0.4 is 4.90 Å². The smallest absolute Gasteiger partial charge is 0.246 e. The number of carbonyl (C=O) groups excluding carboxylic acids is 1. The number of hydrogen-bond donors (Lipinski definition) is 0. The molecule has 0 radical (unpaired) electrons. The first-order valence-electron chi connectivity index (χ1n) is 4.74. The van der Waals surface area contributed by atoms with Crippen molar-refractivity contribution in [3.63, 3.8) is 0 Å². The maximum Gasteiger partial charge on any atom is 0.246 e. The molecule has 1 aromatic heterocycles. The Morgan fingerprint density at radius 2 is 2.20 bits per heavy atom. The quantitative estimate of drug-likeness (QED) is 0.681. The van der Waals surface area contributed by atoms with Gasteiger partial charge in [-0.3, -0.25) is 4.79 Å². The molecule has 0 N–H and O–H groups in total. The van der Waals surface area contributed by atoms with Gasteiger partial charge < -0.3 is 9.80 Å². The molecule has 2 heterocycles. The van der Waals surface area contributed by atoms with Crippen LogP contribution in [0.2, 0.25) is 0 Å². The van der Waals surface area contributed by atoms with Crippen LogP contribution in [0, 0.1) is 0 Å². The van der Waals surface area contributed by atoms with Crippen LogP contribution >= 0.6 is 11.5 Å². The third-order valence-electron chi connectivity index (χ3n) is 2.39. The van der Waals surface area contributed by atoms with Gasteiger partial charge >= 0.3 is 0 Å². The van der Waals surface area contributed by atoms with E-state index in [-0.39, 0.29) is 5.91 Å². The van der Waals surface area contributed by atoms with Crippen LogP contribution in [0.5, 0.6) is 0 Å². The van der Waals surface area contributed by atoms with Crippen LogP contribution in [0.4, 0.5) is 5.13 Å². The van der Waals surface area contributed by atoms with E-state index in [2.05, 4.69) is 20.8 Å². The highest BCUT2D eigenvalue weighted by molar-refractivity contribution is 7.09. The predicted octanol–water partition coefficient (Wildman–Crippen LogP) is 0.373. The third kappa shape index (κ3) is 2.15. The Morgan fingerprint density at radius 1 is 1.47 bits per heavy atom. The summed E-state index contributed by atoms with van der Waals surface area (Å²) in [5.74, 6) is 0.00640. The summed E-state index contributed by atoms with van der Waals surface area (Å²) in [6.07, 6.45) is 2.92. The molecule has 15 heavy (non-hydrogen) atoms. The maximum absolute atomic E-state index is 11.3. The molecule has 1 aliphatic rings. The van der Waals surface area contributed by atoms with Gasteiger partial charge in [-0.25, -0.2) is 4.98 Å². The summed E-state index contributed by atoms with van der Waals surface area (Å²) in [4.78, 5) is 19.4. The number of rotatable bonds is 2. The molecule has 0 spiro atoms. The van der Waals surface area contributed by atoms with Crippen LogP contribution in [0.25, 0.3) is 0 Å². The van der Waals surface area contributed by atoms with Crippen molar-refractivity contribution in [3.05, 3.63) is 19.0 Å². The third-order valence-corrected chi connectivity index (χ3v) is 3.11. The normalized spacial score (nSPS) is 16.5. The van der Waals surface area contributed by atoms with Crippen molar-refractivity contribution in [3.8, 4) is 0 Å². The van der Waals surface area contributed by atoms with Gasteiger partial charge in [0.15, 0.2) is 0 Å². The molecular weight excluding hydrogens is 212 g/mol. The molecule has 80 valence electrons. The van der Waals surface area contributed by atoms with Crippen molar-refractivity contribution in [1.29, 1.82) is 0 Å². The summed E-state index contributed by atoms with van der Waals surface area (Å²) in [7, 11) is 0. The van der Waals surface area contributed by atoms with Crippen molar-refractivity contribution >= 4 is 22.6 Å². The fourth-order valence-electron chi connectivity index (χ4n) is 1.55. The maximum atomic E-state index is 11.3. The van der Waals surface area contributed by atoms with Crippen molar-refractivity contribution in [2.24, 2.45) is 0 Å². The van der Waals surface area contributed by atoms with Gasteiger partial charge in [0.2, 0.25) is 11.0 Å². The number of aromatic nitrogens is 2. The summed E-state index contributed by atoms with van der Waals surface area (Å²) in [6, 6.07) is 0. The number of piperazine rings is 1. The zero-order chi connectivity index (χ0) is 10.7. The van der Waals surface area contributed by atoms with E-state index in [0.717, 1.165) is 31.3 Å². The predicted molar refractivity (Wildman–Crippen MR) is 58.9 cm³/mol. The summed E-state index contributed by atoms with van der Waals surface area (Å²) >= 11 is 1.39. The lowest BCUT2D eigenvalue weighted by Gasteiger charge is -2.33. The van der Waals surface area contributed by atoms with Crippen LogP contribution in [-0.2, 0) is 4.79 Å². The molecule has 1 aliphatic heterocycles. The molecule has 0 unspecified atom stereocenters. The first-order valence-corrected chi connectivity index (χ1v) is 5.51. The first-order chi connectivity index (χ1) is 7.31. The molecule has 6 heteroatoms. The minimum absolute atomic E-state index is 0.00640. The number of hydrogen-bond acceptors (Lipinski definition) is 5. The van der Waals surface area contributed by atoms with Crippen LogP contribution in [0.3, 0.4) is 0 Å². The Morgan fingerprint density at radius 3 is 2.73 bits per heavy atom. The lowest BCUT2D eigenvalue weighted by Crippen LogP contribution is -2.48. The summed E-state index contributed by atoms with van der Waals surface area (Å²) in [5.41, 5.74) is 0. The molecule has 1 amide bonds. The van der Waals surface area contributed by atoms with Crippen LogP contribution in [0.15, 0.2) is 19.0 Å². The van der Waals surface area contributed by atoms with Crippen molar-refractivity contribution < 1.29 is 4.79 Å². The zero-order valence-corrected chi connectivity index (χ0v) is 9.11. The van der Waals surface area contributed by atoms with E-state index in [9.17, 15) is 4.79 Å². The largest absolute Gasteiger partial charge is 0.343 e. The van der Waals surface area contributed by atoms with Gasteiger partial charge in [-0.15, -0.1) is 0 Å². The lowest BCUT2D eigenvalue weighted by molar-refractivity contribution is -0.126. The van der Waals surface area contributed by atoms with E-state index in [1.807, 2.05) is 0 Å². The number of anilines is 1. The van der Waals surface area contributed by atoms with E-state index in [1.54, 1.807) is 11.2 Å². The topological polar surface area (TPSA) is 49.3 Å². The second-order valence-electron chi connectivity index (χ2n) is 3.24. The average molecular weight is 224 g/mol. The number of carbonyl (C=O) groups is 1. The van der Waals surface area contributed by atoms with Gasteiger partial charge in [-0.1, -0.05) is 6.58 Å². The molecule has 0 aromatic carbocycles. The van der Waals surface area contributed by atoms with E-state index < -0.39 is 0 Å². The Labute approximate surface area is 92.2 Å². The highest BCUT2D eigenvalue weighted by atomic mass is 32.1. The number of nitrogens with zero attached hydrogens (tertiary/aromatic N) is 4. The zero-order valence-electron chi connectivity index (χ0n) is 8.30. The van der Waals surface area contributed by atoms with Crippen molar-refractivity contribution in [2.45, 2.75) is 0 Å². The second-order valence-corrected chi connectivity index (χ2v) is 4.00. The molecule has 0 saturated carbocycles. The molecule has 1 saturated heterocycles. The van der Waals surface area contributed by atoms with Gasteiger partial charge in [0.1, 0.15) is 6.33 Å². The van der Waals surface area contributed by atoms with Crippen LogP contribution in [-0.4, -0.2) is 46.3 Å². The Bertz CT molecular complexity index is 343. The fourth-order valence-corrected chi connectivity index (χ4v) is 2.13.